The molecule has 60 valence electrons. The molecular formula is C11H9F. The van der Waals surface area contributed by atoms with Crippen molar-refractivity contribution in [1.29, 1.82) is 0 Å². The Morgan fingerprint density at radius 2 is 2.08 bits per heavy atom. The zero-order chi connectivity index (χ0) is 8.39. The quantitative estimate of drug-likeness (QED) is 0.553. The molecule has 0 radical (unpaired) electrons. The zero-order valence-corrected chi connectivity index (χ0v) is 6.68. The van der Waals surface area contributed by atoms with Crippen LogP contribution in [0, 0.1) is 5.82 Å². The van der Waals surface area contributed by atoms with Crippen LogP contribution in [0.15, 0.2) is 36.1 Å². The van der Waals surface area contributed by atoms with E-state index in [1.165, 1.54) is 6.07 Å². The van der Waals surface area contributed by atoms with Crippen molar-refractivity contribution in [2.24, 2.45) is 0 Å². The first-order valence-electron chi connectivity index (χ1n) is 4.07. The third kappa shape index (κ3) is 1.19. The summed E-state index contributed by atoms with van der Waals surface area (Å²) in [4.78, 5) is 0. The molecule has 0 amide bonds. The molecule has 0 fully saturated rings. The lowest BCUT2D eigenvalue weighted by atomic mass is 10.1. The van der Waals surface area contributed by atoms with Gasteiger partial charge in [-0.3, -0.25) is 0 Å². The highest BCUT2D eigenvalue weighted by atomic mass is 19.1. The summed E-state index contributed by atoms with van der Waals surface area (Å²) in [5.74, 6) is -0.143. The molecule has 0 bridgehead atoms. The summed E-state index contributed by atoms with van der Waals surface area (Å²) in [6.07, 6.45) is 3.87. The number of rotatable bonds is 1. The summed E-state index contributed by atoms with van der Waals surface area (Å²) in [5.41, 5.74) is 4.76. The third-order valence-electron chi connectivity index (χ3n) is 2.01. The smallest absolute Gasteiger partial charge is 0.131 e. The molecule has 2 rings (SSSR count). The van der Waals surface area contributed by atoms with Gasteiger partial charge in [-0.05, 0) is 25.0 Å². The van der Waals surface area contributed by atoms with Crippen molar-refractivity contribution in [3.63, 3.8) is 0 Å². The molecule has 0 heterocycles. The summed E-state index contributed by atoms with van der Waals surface area (Å²) in [5, 5.41) is 0. The van der Waals surface area contributed by atoms with Gasteiger partial charge in [0.25, 0.3) is 0 Å². The Labute approximate surface area is 71.0 Å². The number of benzene rings is 1. The Morgan fingerprint density at radius 1 is 1.25 bits per heavy atom. The average molecular weight is 160 g/mol. The number of allylic oxidation sites excluding steroid dienone is 1. The van der Waals surface area contributed by atoms with E-state index in [9.17, 15) is 4.39 Å². The second-order valence-corrected chi connectivity index (χ2v) is 2.85. The van der Waals surface area contributed by atoms with Gasteiger partial charge in [0, 0.05) is 11.1 Å². The van der Waals surface area contributed by atoms with Crippen LogP contribution in [0.1, 0.15) is 18.4 Å². The van der Waals surface area contributed by atoms with Gasteiger partial charge in [-0.15, -0.1) is 5.73 Å². The summed E-state index contributed by atoms with van der Waals surface area (Å²) >= 11 is 0. The second-order valence-electron chi connectivity index (χ2n) is 2.85. The van der Waals surface area contributed by atoms with Crippen LogP contribution < -0.4 is 0 Å². The van der Waals surface area contributed by atoms with Crippen molar-refractivity contribution in [2.75, 3.05) is 0 Å². The molecule has 0 nitrogen and oxygen atoms in total. The van der Waals surface area contributed by atoms with Gasteiger partial charge in [0.2, 0.25) is 0 Å². The molecule has 0 atom stereocenters. The molecule has 1 aliphatic rings. The summed E-state index contributed by atoms with van der Waals surface area (Å²) in [6, 6.07) is 6.85. The minimum absolute atomic E-state index is 0.143. The lowest BCUT2D eigenvalue weighted by Crippen LogP contribution is -1.85. The van der Waals surface area contributed by atoms with Crippen molar-refractivity contribution >= 4 is 5.57 Å². The standard InChI is InChI=1S/C11H9F/c12-11-8-4-3-7-10(11)9-5-1-2-6-9/h1,3-4,7-8H,2,6H2. The van der Waals surface area contributed by atoms with Crippen LogP contribution in [0.3, 0.4) is 0 Å². The first kappa shape index (κ1) is 7.33. The first-order valence-corrected chi connectivity index (χ1v) is 4.07. The van der Waals surface area contributed by atoms with E-state index in [4.69, 9.17) is 0 Å². The van der Waals surface area contributed by atoms with Crippen molar-refractivity contribution < 1.29 is 4.39 Å². The van der Waals surface area contributed by atoms with E-state index < -0.39 is 0 Å². The largest absolute Gasteiger partial charge is 0.206 e. The summed E-state index contributed by atoms with van der Waals surface area (Å²) in [6.45, 7) is 0. The average Bonchev–Trinajstić information content (AvgIpc) is 2.57. The van der Waals surface area contributed by atoms with Gasteiger partial charge in [0.1, 0.15) is 5.82 Å². The van der Waals surface area contributed by atoms with Crippen LogP contribution >= 0.6 is 0 Å². The highest BCUT2D eigenvalue weighted by molar-refractivity contribution is 5.67. The fourth-order valence-corrected chi connectivity index (χ4v) is 1.40. The predicted octanol–water partition coefficient (Wildman–Crippen LogP) is 3.16. The zero-order valence-electron chi connectivity index (χ0n) is 6.68. The summed E-state index contributed by atoms with van der Waals surface area (Å²) in [7, 11) is 0. The van der Waals surface area contributed by atoms with Crippen molar-refractivity contribution in [3.8, 4) is 0 Å². The van der Waals surface area contributed by atoms with E-state index in [2.05, 4.69) is 5.73 Å². The van der Waals surface area contributed by atoms with E-state index in [0.29, 0.717) is 5.56 Å². The van der Waals surface area contributed by atoms with Crippen LogP contribution in [0.25, 0.3) is 5.57 Å². The molecule has 1 aromatic carbocycles. The van der Waals surface area contributed by atoms with E-state index >= 15 is 0 Å². The van der Waals surface area contributed by atoms with Crippen LogP contribution in [0.2, 0.25) is 0 Å². The lowest BCUT2D eigenvalue weighted by Gasteiger charge is -2.00. The molecule has 1 heteroatoms. The predicted molar refractivity (Wildman–Crippen MR) is 47.1 cm³/mol. The first-order chi connectivity index (χ1) is 5.88. The van der Waals surface area contributed by atoms with Gasteiger partial charge < -0.3 is 0 Å². The van der Waals surface area contributed by atoms with Crippen LogP contribution in [0.4, 0.5) is 4.39 Å². The fraction of sp³-hybridized carbons (Fsp3) is 0.182. The SMILES string of the molecule is Fc1ccccc1C1=C=CCC1. The Balaban J connectivity index is 2.47. The molecule has 12 heavy (non-hydrogen) atoms. The van der Waals surface area contributed by atoms with Crippen LogP contribution in [0.5, 0.6) is 0 Å². The second kappa shape index (κ2) is 2.96. The van der Waals surface area contributed by atoms with E-state index in [-0.39, 0.29) is 5.82 Å². The molecule has 1 aromatic rings. The van der Waals surface area contributed by atoms with Gasteiger partial charge in [0.05, 0.1) is 0 Å². The minimum atomic E-state index is -0.143. The Kier molecular flexibility index (Phi) is 1.81. The molecule has 0 saturated heterocycles. The number of hydrogen-bond acceptors (Lipinski definition) is 0. The fourth-order valence-electron chi connectivity index (χ4n) is 1.40. The maximum Gasteiger partial charge on any atom is 0.131 e. The molecule has 0 spiro atoms. The molecule has 0 N–H and O–H groups in total. The normalized spacial score (nSPS) is 14.9. The van der Waals surface area contributed by atoms with Gasteiger partial charge in [-0.2, -0.15) is 0 Å². The van der Waals surface area contributed by atoms with E-state index in [1.54, 1.807) is 12.1 Å². The van der Waals surface area contributed by atoms with E-state index in [1.807, 2.05) is 12.1 Å². The highest BCUT2D eigenvalue weighted by Crippen LogP contribution is 2.24. The third-order valence-corrected chi connectivity index (χ3v) is 2.01. The van der Waals surface area contributed by atoms with Gasteiger partial charge in [-0.25, -0.2) is 4.39 Å². The molecule has 0 aromatic heterocycles. The molecule has 0 saturated carbocycles. The van der Waals surface area contributed by atoms with Crippen LogP contribution in [-0.2, 0) is 0 Å². The molecular weight excluding hydrogens is 151 g/mol. The Hall–Kier alpha value is -1.33. The van der Waals surface area contributed by atoms with Gasteiger partial charge in [0.15, 0.2) is 0 Å². The monoisotopic (exact) mass is 160 g/mol. The maximum atomic E-state index is 13.2. The van der Waals surface area contributed by atoms with Crippen molar-refractivity contribution in [3.05, 3.63) is 47.5 Å². The van der Waals surface area contributed by atoms with Gasteiger partial charge in [-0.1, -0.05) is 18.2 Å². The highest BCUT2D eigenvalue weighted by Gasteiger charge is 2.07. The Morgan fingerprint density at radius 3 is 2.75 bits per heavy atom. The Bertz CT molecular complexity index is 357. The number of halogens is 1. The van der Waals surface area contributed by atoms with Crippen molar-refractivity contribution in [1.82, 2.24) is 0 Å². The maximum absolute atomic E-state index is 13.2. The van der Waals surface area contributed by atoms with Crippen LogP contribution in [-0.4, -0.2) is 0 Å². The minimum Gasteiger partial charge on any atom is -0.206 e. The molecule has 0 aliphatic heterocycles. The summed E-state index contributed by atoms with van der Waals surface area (Å²) < 4.78 is 13.2. The van der Waals surface area contributed by atoms with Crippen molar-refractivity contribution in [2.45, 2.75) is 12.8 Å². The number of hydrogen-bond donors (Lipinski definition) is 0. The van der Waals surface area contributed by atoms with Gasteiger partial charge >= 0.3 is 0 Å². The topological polar surface area (TPSA) is 0 Å². The molecule has 1 aliphatic carbocycles. The lowest BCUT2D eigenvalue weighted by molar-refractivity contribution is 0.623. The molecule has 0 unspecified atom stereocenters. The van der Waals surface area contributed by atoms with E-state index in [0.717, 1.165) is 18.4 Å².